The molecule has 1 aromatic carbocycles. The highest BCUT2D eigenvalue weighted by Gasteiger charge is 2.22. The molecule has 36 heavy (non-hydrogen) atoms. The molecule has 0 saturated carbocycles. The standard InChI is InChI=1S/C25H20N6O5/c1-15-5-3-9-29-21(15)27-23-20(25(29)33)12-17(13-26)22(30(23)14-19-8-4-10-36-19)28-24(32)16-6-2-7-18(11-16)31(34)35/h2-3,5-7,9,11-12,19H,4,8,10,14H2,1H3. The predicted octanol–water partition coefficient (Wildman–Crippen LogP) is 2.66. The molecular formula is C25H20N6O5. The monoisotopic (exact) mass is 484 g/mol. The Morgan fingerprint density at radius 1 is 1.31 bits per heavy atom. The van der Waals surface area contributed by atoms with E-state index in [4.69, 9.17) is 9.72 Å². The first-order chi connectivity index (χ1) is 17.4. The minimum atomic E-state index is -0.760. The summed E-state index contributed by atoms with van der Waals surface area (Å²) in [6, 6.07) is 12.2. The Labute approximate surface area is 203 Å². The van der Waals surface area contributed by atoms with Gasteiger partial charge in [-0.2, -0.15) is 10.3 Å². The molecule has 1 unspecified atom stereocenters. The number of non-ortho nitro benzene ring substituents is 1. The molecular weight excluding hydrogens is 464 g/mol. The largest absolute Gasteiger partial charge is 0.376 e. The van der Waals surface area contributed by atoms with Gasteiger partial charge in [0.2, 0.25) is 0 Å². The third kappa shape index (κ3) is 4.03. The number of nitro groups is 1. The van der Waals surface area contributed by atoms with E-state index in [0.717, 1.165) is 24.5 Å². The van der Waals surface area contributed by atoms with Crippen molar-refractivity contribution in [3.63, 3.8) is 0 Å². The second-order valence-corrected chi connectivity index (χ2v) is 8.50. The van der Waals surface area contributed by atoms with Crippen LogP contribution in [-0.4, -0.2) is 37.5 Å². The highest BCUT2D eigenvalue weighted by atomic mass is 16.6. The Morgan fingerprint density at radius 2 is 2.14 bits per heavy atom. The first-order valence-electron chi connectivity index (χ1n) is 11.3. The number of amides is 1. The van der Waals surface area contributed by atoms with E-state index in [-0.39, 0.29) is 51.5 Å². The van der Waals surface area contributed by atoms with Gasteiger partial charge in [0.05, 0.1) is 28.5 Å². The van der Waals surface area contributed by atoms with Crippen molar-refractivity contribution in [1.82, 2.24) is 14.0 Å². The molecule has 4 aromatic rings. The number of aryl methyl sites for hydroxylation is 1. The van der Waals surface area contributed by atoms with Crippen LogP contribution < -0.4 is 11.0 Å². The van der Waals surface area contributed by atoms with Crippen LogP contribution >= 0.6 is 0 Å². The van der Waals surface area contributed by atoms with Gasteiger partial charge in [-0.05, 0) is 43.5 Å². The van der Waals surface area contributed by atoms with Gasteiger partial charge in [0.1, 0.15) is 17.4 Å². The summed E-state index contributed by atoms with van der Waals surface area (Å²) in [5, 5.41) is 21.3. The molecule has 5 rings (SSSR count). The topological polar surface area (TPSA) is 145 Å². The minimum Gasteiger partial charge on any atom is -0.376 e. The lowest BCUT2D eigenvalue weighted by Gasteiger charge is -2.17. The first kappa shape index (κ1) is 23.1. The molecule has 0 spiro atoms. The van der Waals surface area contributed by atoms with Gasteiger partial charge >= 0.3 is 0 Å². The maximum absolute atomic E-state index is 13.4. The fraction of sp³-hybridized carbons (Fsp3) is 0.240. The molecule has 0 bridgehead atoms. The Kier molecular flexibility index (Phi) is 5.87. The smallest absolute Gasteiger partial charge is 0.279 e. The van der Waals surface area contributed by atoms with E-state index in [2.05, 4.69) is 4.99 Å². The number of pyridine rings is 2. The van der Waals surface area contributed by atoms with Crippen molar-refractivity contribution in [2.75, 3.05) is 6.61 Å². The van der Waals surface area contributed by atoms with Gasteiger partial charge < -0.3 is 9.30 Å². The SMILES string of the molecule is Cc1cccn2c(=O)c3cc(C#N)c(=NC(=O)c4cccc([N+](=O)[O-])c4)n(CC4CCCO4)c3nc12. The number of carbonyl (C=O) groups excluding carboxylic acids is 1. The second-order valence-electron chi connectivity index (χ2n) is 8.50. The highest BCUT2D eigenvalue weighted by molar-refractivity contribution is 5.95. The summed E-state index contributed by atoms with van der Waals surface area (Å²) >= 11 is 0. The molecule has 1 saturated heterocycles. The average Bonchev–Trinajstić information content (AvgIpc) is 3.39. The van der Waals surface area contributed by atoms with Gasteiger partial charge in [-0.25, -0.2) is 4.98 Å². The molecule has 11 nitrogen and oxygen atoms in total. The van der Waals surface area contributed by atoms with E-state index in [1.54, 1.807) is 16.8 Å². The number of aromatic nitrogens is 3. The summed E-state index contributed by atoms with van der Waals surface area (Å²) in [5.74, 6) is -0.760. The fourth-order valence-corrected chi connectivity index (χ4v) is 4.37. The van der Waals surface area contributed by atoms with E-state index in [1.807, 2.05) is 19.1 Å². The van der Waals surface area contributed by atoms with E-state index in [1.165, 1.54) is 28.7 Å². The summed E-state index contributed by atoms with van der Waals surface area (Å²) in [6.07, 6.45) is 3.01. The molecule has 4 heterocycles. The van der Waals surface area contributed by atoms with Gasteiger partial charge in [0.15, 0.2) is 5.49 Å². The average molecular weight is 484 g/mol. The Bertz CT molecular complexity index is 1720. The van der Waals surface area contributed by atoms with Crippen LogP contribution in [-0.2, 0) is 11.3 Å². The summed E-state index contributed by atoms with van der Waals surface area (Å²) < 4.78 is 8.78. The third-order valence-electron chi connectivity index (χ3n) is 6.15. The number of carbonyl (C=O) groups is 1. The molecule has 1 fully saturated rings. The lowest BCUT2D eigenvalue weighted by atomic mass is 10.1. The predicted molar refractivity (Wildman–Crippen MR) is 128 cm³/mol. The molecule has 0 radical (unpaired) electrons. The number of rotatable bonds is 4. The quantitative estimate of drug-likeness (QED) is 0.246. The molecule has 0 aliphatic carbocycles. The van der Waals surface area contributed by atoms with Crippen LogP contribution in [0.3, 0.4) is 0 Å². The molecule has 1 atom stereocenters. The van der Waals surface area contributed by atoms with Gasteiger partial charge in [-0.1, -0.05) is 12.1 Å². The minimum absolute atomic E-state index is 0.000706. The zero-order valence-electron chi connectivity index (χ0n) is 19.2. The Balaban J connectivity index is 1.82. The zero-order valence-corrected chi connectivity index (χ0v) is 19.2. The third-order valence-corrected chi connectivity index (χ3v) is 6.15. The van der Waals surface area contributed by atoms with Crippen molar-refractivity contribution >= 4 is 28.3 Å². The van der Waals surface area contributed by atoms with Crippen molar-refractivity contribution in [1.29, 1.82) is 5.26 Å². The number of nitrogens with zero attached hydrogens (tertiary/aromatic N) is 6. The van der Waals surface area contributed by atoms with Crippen LogP contribution in [0.2, 0.25) is 0 Å². The molecule has 3 aromatic heterocycles. The number of ether oxygens (including phenoxy) is 1. The van der Waals surface area contributed by atoms with Gasteiger partial charge in [-0.15, -0.1) is 0 Å². The number of hydrogen-bond acceptors (Lipinski definition) is 7. The summed E-state index contributed by atoms with van der Waals surface area (Å²) in [7, 11) is 0. The van der Waals surface area contributed by atoms with Gasteiger partial charge in [0.25, 0.3) is 17.2 Å². The number of benzene rings is 1. The second kappa shape index (κ2) is 9.16. The summed E-state index contributed by atoms with van der Waals surface area (Å²) in [4.78, 5) is 45.9. The number of fused-ring (bicyclic) bond motifs is 2. The van der Waals surface area contributed by atoms with Gasteiger partial charge in [0, 0.05) is 30.5 Å². The van der Waals surface area contributed by atoms with E-state index < -0.39 is 10.8 Å². The van der Waals surface area contributed by atoms with Crippen LogP contribution in [0.25, 0.3) is 16.7 Å². The lowest BCUT2D eigenvalue weighted by Crippen LogP contribution is -2.33. The van der Waals surface area contributed by atoms with Crippen LogP contribution in [0.4, 0.5) is 5.69 Å². The molecule has 0 N–H and O–H groups in total. The molecule has 1 amide bonds. The van der Waals surface area contributed by atoms with Crippen molar-refractivity contribution < 1.29 is 14.5 Å². The summed E-state index contributed by atoms with van der Waals surface area (Å²) in [5.41, 5.74) is 0.903. The van der Waals surface area contributed by atoms with Crippen molar-refractivity contribution in [2.45, 2.75) is 32.4 Å². The van der Waals surface area contributed by atoms with E-state index >= 15 is 0 Å². The number of nitriles is 1. The van der Waals surface area contributed by atoms with Crippen molar-refractivity contribution in [3.8, 4) is 6.07 Å². The maximum Gasteiger partial charge on any atom is 0.279 e. The maximum atomic E-state index is 13.4. The van der Waals surface area contributed by atoms with Crippen molar-refractivity contribution in [2.24, 2.45) is 4.99 Å². The van der Waals surface area contributed by atoms with Crippen LogP contribution in [0.5, 0.6) is 0 Å². The van der Waals surface area contributed by atoms with Gasteiger partial charge in [-0.3, -0.25) is 24.1 Å². The number of nitro benzene ring substituents is 1. The Hall–Kier alpha value is -4.69. The Morgan fingerprint density at radius 3 is 2.86 bits per heavy atom. The van der Waals surface area contributed by atoms with E-state index in [0.29, 0.717) is 12.3 Å². The zero-order chi connectivity index (χ0) is 25.4. The van der Waals surface area contributed by atoms with Crippen LogP contribution in [0.15, 0.2) is 58.4 Å². The summed E-state index contributed by atoms with van der Waals surface area (Å²) in [6.45, 7) is 2.64. The number of hydrogen-bond donors (Lipinski definition) is 0. The molecule has 1 aliphatic rings. The fourth-order valence-electron chi connectivity index (χ4n) is 4.37. The van der Waals surface area contributed by atoms with Crippen molar-refractivity contribution in [3.05, 3.63) is 91.3 Å². The molecule has 1 aliphatic heterocycles. The van der Waals surface area contributed by atoms with Crippen LogP contribution in [0.1, 0.15) is 34.3 Å². The molecule has 11 heteroatoms. The van der Waals surface area contributed by atoms with E-state index in [9.17, 15) is 25.0 Å². The lowest BCUT2D eigenvalue weighted by molar-refractivity contribution is -0.384. The molecule has 180 valence electrons. The normalized spacial score (nSPS) is 15.9. The highest BCUT2D eigenvalue weighted by Crippen LogP contribution is 2.18. The van der Waals surface area contributed by atoms with Crippen LogP contribution in [0, 0.1) is 28.4 Å². The first-order valence-corrected chi connectivity index (χ1v) is 11.3.